The maximum Gasteiger partial charge on any atom is 0.191 e. The fraction of sp³-hybridized carbons (Fsp3) is 0.786. The van der Waals surface area contributed by atoms with Crippen LogP contribution in [0.5, 0.6) is 0 Å². The van der Waals surface area contributed by atoms with E-state index in [1.807, 2.05) is 0 Å². The van der Waals surface area contributed by atoms with Crippen LogP contribution in [-0.4, -0.2) is 38.8 Å². The first-order valence-corrected chi connectivity index (χ1v) is 7.00. The van der Waals surface area contributed by atoms with Crippen molar-refractivity contribution in [1.29, 1.82) is 0 Å². The fourth-order valence-corrected chi connectivity index (χ4v) is 1.75. The molecular formula is C14H27N3O. The Morgan fingerprint density at radius 2 is 2.28 bits per heavy atom. The second-order valence-corrected chi connectivity index (χ2v) is 4.98. The van der Waals surface area contributed by atoms with Crippen LogP contribution in [0.2, 0.25) is 0 Å². The molecule has 0 spiro atoms. The zero-order valence-electron chi connectivity index (χ0n) is 12.0. The van der Waals surface area contributed by atoms with Crippen LogP contribution in [0.4, 0.5) is 0 Å². The highest BCUT2D eigenvalue weighted by atomic mass is 16.5. The summed E-state index contributed by atoms with van der Waals surface area (Å²) in [6.45, 7) is 10.8. The van der Waals surface area contributed by atoms with Gasteiger partial charge in [0.15, 0.2) is 5.96 Å². The van der Waals surface area contributed by atoms with Crippen LogP contribution in [0.3, 0.4) is 0 Å². The van der Waals surface area contributed by atoms with Gasteiger partial charge >= 0.3 is 0 Å². The third-order valence-corrected chi connectivity index (χ3v) is 2.75. The lowest BCUT2D eigenvalue weighted by Gasteiger charge is -2.15. The third-order valence-electron chi connectivity index (χ3n) is 2.75. The number of hydrogen-bond acceptors (Lipinski definition) is 2. The summed E-state index contributed by atoms with van der Waals surface area (Å²) in [5.74, 6) is 1.53. The molecule has 0 aliphatic carbocycles. The van der Waals surface area contributed by atoms with Gasteiger partial charge in [0, 0.05) is 19.6 Å². The first-order chi connectivity index (χ1) is 8.72. The molecule has 4 nitrogen and oxygen atoms in total. The van der Waals surface area contributed by atoms with Gasteiger partial charge in [-0.05, 0) is 25.7 Å². The van der Waals surface area contributed by atoms with Crippen molar-refractivity contribution in [3.8, 4) is 0 Å². The standard InChI is InChI=1S/C14H27N3O/c1-4-15-14(17-11-12(2)3)16-8-5-13-6-9-18-10-7-13/h6,12H,4-5,7-11H2,1-3H3,(H2,15,16,17). The number of rotatable bonds is 6. The van der Waals surface area contributed by atoms with Crippen LogP contribution in [0.25, 0.3) is 0 Å². The van der Waals surface area contributed by atoms with Crippen LogP contribution in [-0.2, 0) is 4.74 Å². The summed E-state index contributed by atoms with van der Waals surface area (Å²) in [6.07, 6.45) is 4.35. The molecule has 0 fully saturated rings. The number of nitrogens with zero attached hydrogens (tertiary/aromatic N) is 1. The van der Waals surface area contributed by atoms with Gasteiger partial charge in [0.05, 0.1) is 13.2 Å². The molecule has 0 atom stereocenters. The van der Waals surface area contributed by atoms with E-state index < -0.39 is 0 Å². The zero-order chi connectivity index (χ0) is 13.2. The Kier molecular flexibility index (Phi) is 7.49. The van der Waals surface area contributed by atoms with Gasteiger partial charge in [0.25, 0.3) is 0 Å². The quantitative estimate of drug-likeness (QED) is 0.432. The van der Waals surface area contributed by atoms with E-state index in [1.54, 1.807) is 0 Å². The summed E-state index contributed by atoms with van der Waals surface area (Å²) in [6, 6.07) is 0. The minimum absolute atomic E-state index is 0.596. The molecular weight excluding hydrogens is 226 g/mol. The molecule has 0 bridgehead atoms. The van der Waals surface area contributed by atoms with E-state index in [9.17, 15) is 0 Å². The molecule has 0 amide bonds. The second-order valence-electron chi connectivity index (χ2n) is 4.98. The Balaban J connectivity index is 2.28. The maximum atomic E-state index is 5.30. The lowest BCUT2D eigenvalue weighted by atomic mass is 10.1. The molecule has 0 radical (unpaired) electrons. The number of ether oxygens (including phenoxy) is 1. The van der Waals surface area contributed by atoms with Gasteiger partial charge in [-0.25, -0.2) is 0 Å². The van der Waals surface area contributed by atoms with Crippen LogP contribution >= 0.6 is 0 Å². The summed E-state index contributed by atoms with van der Waals surface area (Å²) in [4.78, 5) is 4.55. The number of guanidine groups is 1. The normalized spacial score (nSPS) is 16.7. The smallest absolute Gasteiger partial charge is 0.191 e. The van der Waals surface area contributed by atoms with Crippen LogP contribution in [0.15, 0.2) is 16.6 Å². The Bertz CT molecular complexity index is 285. The lowest BCUT2D eigenvalue weighted by molar-refractivity contribution is 0.153. The van der Waals surface area contributed by atoms with Crippen molar-refractivity contribution in [2.75, 3.05) is 32.8 Å². The van der Waals surface area contributed by atoms with Crippen molar-refractivity contribution in [2.45, 2.75) is 33.6 Å². The molecule has 1 rings (SSSR count). The van der Waals surface area contributed by atoms with E-state index in [0.717, 1.165) is 51.6 Å². The molecule has 0 saturated heterocycles. The lowest BCUT2D eigenvalue weighted by Crippen LogP contribution is -2.38. The van der Waals surface area contributed by atoms with Gasteiger partial charge in [-0.1, -0.05) is 25.5 Å². The number of aliphatic imine (C=N–C) groups is 1. The molecule has 0 aromatic heterocycles. The van der Waals surface area contributed by atoms with E-state index in [0.29, 0.717) is 5.92 Å². The highest BCUT2D eigenvalue weighted by molar-refractivity contribution is 5.79. The van der Waals surface area contributed by atoms with Gasteiger partial charge in [-0.15, -0.1) is 0 Å². The molecule has 0 aromatic rings. The second kappa shape index (κ2) is 8.97. The summed E-state index contributed by atoms with van der Waals surface area (Å²) < 4.78 is 5.30. The molecule has 1 aliphatic heterocycles. The van der Waals surface area contributed by atoms with E-state index in [-0.39, 0.29) is 0 Å². The van der Waals surface area contributed by atoms with Crippen LogP contribution < -0.4 is 10.6 Å². The zero-order valence-corrected chi connectivity index (χ0v) is 12.0. The van der Waals surface area contributed by atoms with Crippen LogP contribution in [0.1, 0.15) is 33.6 Å². The van der Waals surface area contributed by atoms with E-state index in [4.69, 9.17) is 4.74 Å². The first-order valence-electron chi connectivity index (χ1n) is 7.00. The Hall–Kier alpha value is -1.03. The average Bonchev–Trinajstić information content (AvgIpc) is 2.37. The molecule has 4 heteroatoms. The summed E-state index contributed by atoms with van der Waals surface area (Å²) >= 11 is 0. The molecule has 2 N–H and O–H groups in total. The number of hydrogen-bond donors (Lipinski definition) is 2. The third kappa shape index (κ3) is 6.64. The molecule has 1 heterocycles. The fourth-order valence-electron chi connectivity index (χ4n) is 1.75. The maximum absolute atomic E-state index is 5.30. The van der Waals surface area contributed by atoms with Gasteiger partial charge in [-0.2, -0.15) is 0 Å². The van der Waals surface area contributed by atoms with Crippen molar-refractivity contribution >= 4 is 5.96 Å². The minimum Gasteiger partial charge on any atom is -0.377 e. The Morgan fingerprint density at radius 1 is 1.44 bits per heavy atom. The predicted molar refractivity (Wildman–Crippen MR) is 77.0 cm³/mol. The van der Waals surface area contributed by atoms with E-state index in [2.05, 4.69) is 42.5 Å². The predicted octanol–water partition coefficient (Wildman–Crippen LogP) is 1.93. The largest absolute Gasteiger partial charge is 0.377 e. The van der Waals surface area contributed by atoms with Crippen molar-refractivity contribution in [3.63, 3.8) is 0 Å². The monoisotopic (exact) mass is 253 g/mol. The highest BCUT2D eigenvalue weighted by Gasteiger charge is 2.04. The van der Waals surface area contributed by atoms with Crippen LogP contribution in [0, 0.1) is 5.92 Å². The van der Waals surface area contributed by atoms with Gasteiger partial charge in [0.2, 0.25) is 0 Å². The van der Waals surface area contributed by atoms with Crippen molar-refractivity contribution in [1.82, 2.24) is 10.6 Å². The summed E-state index contributed by atoms with van der Waals surface area (Å²) in [7, 11) is 0. The Labute approximate surface area is 111 Å². The van der Waals surface area contributed by atoms with E-state index in [1.165, 1.54) is 5.57 Å². The molecule has 18 heavy (non-hydrogen) atoms. The molecule has 0 unspecified atom stereocenters. The van der Waals surface area contributed by atoms with Crippen molar-refractivity contribution in [3.05, 3.63) is 11.6 Å². The summed E-state index contributed by atoms with van der Waals surface area (Å²) in [5.41, 5.74) is 1.49. The minimum atomic E-state index is 0.596. The average molecular weight is 253 g/mol. The SMILES string of the molecule is CCNC(=NCC(C)C)NCCC1=CCOCC1. The van der Waals surface area contributed by atoms with E-state index >= 15 is 0 Å². The number of nitrogens with one attached hydrogen (secondary N) is 2. The molecule has 0 saturated carbocycles. The van der Waals surface area contributed by atoms with Crippen molar-refractivity contribution in [2.24, 2.45) is 10.9 Å². The van der Waals surface area contributed by atoms with Gasteiger partial charge in [0.1, 0.15) is 0 Å². The van der Waals surface area contributed by atoms with Gasteiger partial charge < -0.3 is 15.4 Å². The molecule has 1 aliphatic rings. The first kappa shape index (κ1) is 15.0. The Morgan fingerprint density at radius 3 is 2.89 bits per heavy atom. The van der Waals surface area contributed by atoms with Crippen molar-refractivity contribution < 1.29 is 4.74 Å². The highest BCUT2D eigenvalue weighted by Crippen LogP contribution is 2.10. The van der Waals surface area contributed by atoms with Gasteiger partial charge in [-0.3, -0.25) is 4.99 Å². The summed E-state index contributed by atoms with van der Waals surface area (Å²) in [5, 5.41) is 6.65. The topological polar surface area (TPSA) is 45.7 Å². The molecule has 104 valence electrons. The molecule has 0 aromatic carbocycles.